The minimum absolute atomic E-state index is 0.0112. The maximum absolute atomic E-state index is 2.64. The van der Waals surface area contributed by atoms with Crippen molar-refractivity contribution in [3.63, 3.8) is 0 Å². The van der Waals surface area contributed by atoms with Gasteiger partial charge in [-0.1, -0.05) is 200 Å². The Balaban J connectivity index is 1.23. The third-order valence-electron chi connectivity index (χ3n) is 14.2. The van der Waals surface area contributed by atoms with E-state index in [0.717, 1.165) is 6.42 Å². The molecule has 0 bridgehead atoms. The Morgan fingerprint density at radius 3 is 2.02 bits per heavy atom. The highest BCUT2D eigenvalue weighted by Gasteiger charge is 2.36. The molecule has 0 spiro atoms. The van der Waals surface area contributed by atoms with Gasteiger partial charge in [-0.3, -0.25) is 0 Å². The minimum atomic E-state index is -0.0951. The average Bonchev–Trinajstić information content (AvgIpc) is 3.52. The van der Waals surface area contributed by atoms with Crippen LogP contribution in [0.2, 0.25) is 0 Å². The quantitative estimate of drug-likeness (QED) is 0.155. The van der Waals surface area contributed by atoms with Crippen molar-refractivity contribution < 1.29 is 0 Å². The molecular weight excluding hydrogens is 735 g/mol. The van der Waals surface area contributed by atoms with Gasteiger partial charge in [0.15, 0.2) is 0 Å². The second kappa shape index (κ2) is 15.5. The molecule has 1 atom stereocenters. The van der Waals surface area contributed by atoms with Gasteiger partial charge in [0.25, 0.3) is 0 Å². The molecule has 7 aromatic carbocycles. The van der Waals surface area contributed by atoms with E-state index < -0.39 is 0 Å². The number of hydrogen-bond acceptors (Lipinski definition) is 1. The molecule has 1 unspecified atom stereocenters. The third-order valence-corrected chi connectivity index (χ3v) is 14.2. The van der Waals surface area contributed by atoms with E-state index in [0.29, 0.717) is 11.8 Å². The highest BCUT2D eigenvalue weighted by atomic mass is 15.2. The summed E-state index contributed by atoms with van der Waals surface area (Å²) in [6.45, 7) is 14.1. The van der Waals surface area contributed by atoms with Gasteiger partial charge in [-0.15, -0.1) is 0 Å². The fraction of sp³-hybridized carbons (Fsp3) is 0.267. The molecule has 7 aromatic rings. The van der Waals surface area contributed by atoms with Gasteiger partial charge in [0.05, 0.1) is 11.4 Å². The summed E-state index contributed by atoms with van der Waals surface area (Å²) in [5.41, 5.74) is 19.5. The van der Waals surface area contributed by atoms with Crippen LogP contribution in [-0.2, 0) is 10.8 Å². The number of hydrogen-bond donors (Lipinski definition) is 0. The Hall–Kier alpha value is -5.92. The van der Waals surface area contributed by atoms with Crippen LogP contribution < -0.4 is 4.90 Å². The predicted octanol–water partition coefficient (Wildman–Crippen LogP) is 17.0. The van der Waals surface area contributed by atoms with Crippen molar-refractivity contribution in [1.82, 2.24) is 0 Å². The van der Waals surface area contributed by atoms with Crippen LogP contribution in [0.1, 0.15) is 114 Å². The highest BCUT2D eigenvalue weighted by molar-refractivity contribution is 6.04. The molecule has 0 aliphatic heterocycles. The van der Waals surface area contributed by atoms with Crippen LogP contribution in [0.4, 0.5) is 11.4 Å². The molecule has 1 heteroatoms. The van der Waals surface area contributed by atoms with Crippen molar-refractivity contribution in [3.8, 4) is 33.4 Å². The van der Waals surface area contributed by atoms with Crippen LogP contribution in [0.3, 0.4) is 0 Å². The number of nitrogens with zero attached hydrogens (tertiary/aromatic N) is 1. The zero-order valence-corrected chi connectivity index (χ0v) is 36.9. The Kier molecular flexibility index (Phi) is 9.98. The molecule has 10 rings (SSSR count). The average molecular weight is 794 g/mol. The fourth-order valence-corrected chi connectivity index (χ4v) is 10.9. The number of anilines is 2. The molecule has 3 aliphatic rings. The molecule has 0 heterocycles. The van der Waals surface area contributed by atoms with Crippen LogP contribution in [0.5, 0.6) is 0 Å². The second-order valence-electron chi connectivity index (χ2n) is 19.6. The largest absolute Gasteiger partial charge is 0.309 e. The van der Waals surface area contributed by atoms with Crippen molar-refractivity contribution in [1.29, 1.82) is 0 Å². The fourth-order valence-electron chi connectivity index (χ4n) is 10.9. The summed E-state index contributed by atoms with van der Waals surface area (Å²) in [5, 5.41) is 2.77. The Bertz CT molecular complexity index is 2830. The van der Waals surface area contributed by atoms with Gasteiger partial charge in [-0.2, -0.15) is 0 Å². The van der Waals surface area contributed by atoms with Gasteiger partial charge in [-0.25, -0.2) is 0 Å². The summed E-state index contributed by atoms with van der Waals surface area (Å²) >= 11 is 0. The smallest absolute Gasteiger partial charge is 0.0540 e. The molecule has 0 amide bonds. The SMILES string of the molecule is CC1C=C(c2cccc3cccc(C4CCCCC4)c23)C(N(c2ccccc2-c2ccc3c(c2)C(C)(C)c2ccccc2-3)c2ccc(C(C)(C)C)cc2-c2ccccc2)=CC1. The molecule has 61 heavy (non-hydrogen) atoms. The first kappa shape index (κ1) is 39.2. The van der Waals surface area contributed by atoms with Crippen molar-refractivity contribution in [2.45, 2.75) is 96.8 Å². The van der Waals surface area contributed by atoms with Crippen LogP contribution in [0.25, 0.3) is 49.7 Å². The van der Waals surface area contributed by atoms with Crippen molar-refractivity contribution in [2.24, 2.45) is 5.92 Å². The molecule has 1 fully saturated rings. The number of para-hydroxylation sites is 1. The van der Waals surface area contributed by atoms with E-state index in [1.54, 1.807) is 0 Å². The molecule has 304 valence electrons. The summed E-state index contributed by atoms with van der Waals surface area (Å²) in [6.07, 6.45) is 12.6. The third kappa shape index (κ3) is 6.97. The first-order chi connectivity index (χ1) is 29.6. The topological polar surface area (TPSA) is 3.24 Å². The van der Waals surface area contributed by atoms with Crippen LogP contribution in [-0.4, -0.2) is 0 Å². The first-order valence-corrected chi connectivity index (χ1v) is 22.9. The normalized spacial score (nSPS) is 17.4. The molecule has 3 aliphatic carbocycles. The molecule has 0 aromatic heterocycles. The van der Waals surface area contributed by atoms with Gasteiger partial charge >= 0.3 is 0 Å². The standard InChI is InChI=1S/C60H59N/c1-40-31-35-57(52(37-40)50-28-18-24-43-23-17-27-47(58(43)50)41-19-9-7-10-20-41)61(56-36-33-45(59(2,3)4)39-51(56)42-21-11-8-12-22-42)55-30-16-14-25-46(55)44-32-34-49-48-26-13-15-29-53(48)60(5,6)54(49)38-44/h8,11-18,21-30,32-41H,7,9-10,19-20,31H2,1-6H3. The first-order valence-electron chi connectivity index (χ1n) is 22.9. The van der Waals surface area contributed by atoms with Gasteiger partial charge in [-0.05, 0) is 122 Å². The van der Waals surface area contributed by atoms with E-state index in [-0.39, 0.29) is 10.8 Å². The lowest BCUT2D eigenvalue weighted by molar-refractivity contribution is 0.445. The van der Waals surface area contributed by atoms with E-state index in [4.69, 9.17) is 0 Å². The number of rotatable bonds is 7. The molecular formula is C60H59N. The number of benzene rings is 7. The van der Waals surface area contributed by atoms with Crippen LogP contribution in [0.15, 0.2) is 170 Å². The van der Waals surface area contributed by atoms with Crippen molar-refractivity contribution in [2.75, 3.05) is 4.90 Å². The Morgan fingerprint density at radius 2 is 1.23 bits per heavy atom. The van der Waals surface area contributed by atoms with Crippen molar-refractivity contribution in [3.05, 3.63) is 197 Å². The van der Waals surface area contributed by atoms with Crippen LogP contribution in [0, 0.1) is 5.92 Å². The molecule has 0 saturated heterocycles. The summed E-state index contributed by atoms with van der Waals surface area (Å²) in [6, 6.07) is 57.8. The van der Waals surface area contributed by atoms with Gasteiger partial charge in [0, 0.05) is 27.8 Å². The van der Waals surface area contributed by atoms with E-state index in [2.05, 4.69) is 210 Å². The molecule has 1 saturated carbocycles. The monoisotopic (exact) mass is 793 g/mol. The van der Waals surface area contributed by atoms with E-state index >= 15 is 0 Å². The lowest BCUT2D eigenvalue weighted by atomic mass is 9.79. The lowest BCUT2D eigenvalue weighted by Gasteiger charge is -2.36. The van der Waals surface area contributed by atoms with E-state index in [1.807, 2.05) is 0 Å². The van der Waals surface area contributed by atoms with Crippen molar-refractivity contribution >= 4 is 27.7 Å². The Morgan fingerprint density at radius 1 is 0.557 bits per heavy atom. The van der Waals surface area contributed by atoms with Crippen LogP contribution >= 0.6 is 0 Å². The predicted molar refractivity (Wildman–Crippen MR) is 262 cm³/mol. The summed E-state index contributed by atoms with van der Waals surface area (Å²) in [7, 11) is 0. The summed E-state index contributed by atoms with van der Waals surface area (Å²) in [4.78, 5) is 2.64. The van der Waals surface area contributed by atoms with Gasteiger partial charge < -0.3 is 4.90 Å². The zero-order chi connectivity index (χ0) is 41.9. The summed E-state index contributed by atoms with van der Waals surface area (Å²) < 4.78 is 0. The maximum Gasteiger partial charge on any atom is 0.0540 e. The van der Waals surface area contributed by atoms with Gasteiger partial charge in [0.1, 0.15) is 0 Å². The maximum atomic E-state index is 2.64. The zero-order valence-electron chi connectivity index (χ0n) is 36.9. The van der Waals surface area contributed by atoms with Gasteiger partial charge in [0.2, 0.25) is 0 Å². The lowest BCUT2D eigenvalue weighted by Crippen LogP contribution is -2.22. The molecule has 0 radical (unpaired) electrons. The number of fused-ring (bicyclic) bond motifs is 4. The van der Waals surface area contributed by atoms with E-state index in [1.165, 1.54) is 127 Å². The molecule has 0 N–H and O–H groups in total. The molecule has 1 nitrogen and oxygen atoms in total. The Labute approximate surface area is 364 Å². The second-order valence-corrected chi connectivity index (χ2v) is 19.6. The summed E-state index contributed by atoms with van der Waals surface area (Å²) in [5.74, 6) is 1.000. The van der Waals surface area contributed by atoms with E-state index in [9.17, 15) is 0 Å². The highest BCUT2D eigenvalue weighted by Crippen LogP contribution is 2.52. The number of allylic oxidation sites excluding steroid dienone is 3. The minimum Gasteiger partial charge on any atom is -0.309 e.